The molecular weight excluding hydrogens is 609 g/mol. The maximum absolute atomic E-state index is 6.14. The van der Waals surface area contributed by atoms with Gasteiger partial charge in [0.2, 0.25) is 0 Å². The van der Waals surface area contributed by atoms with Crippen LogP contribution in [0, 0.1) is 5.41 Å². The number of rotatable bonds is 29. The standard InChI is InChI=1S/C26H54N4O5S5/c1-27-24(36)28-8-13-31-15-16-32-14-9-29-25(37)30-20-26(21-33-10-5-17-38-2,22-34-11-6-18-39-3)23-35-12-7-19-40-4/h5-23H2,1-4H3,(H2,27,28,36)(H2,29,30,37). The van der Waals surface area contributed by atoms with Crippen LogP contribution in [-0.2, 0) is 23.7 Å². The van der Waals surface area contributed by atoms with Gasteiger partial charge in [0.05, 0.1) is 51.7 Å². The average Bonchev–Trinajstić information content (AvgIpc) is 2.96. The molecule has 0 saturated heterocycles. The average molecular weight is 663 g/mol. The molecule has 14 heteroatoms. The summed E-state index contributed by atoms with van der Waals surface area (Å²) in [4.78, 5) is 0. The fourth-order valence-electron chi connectivity index (χ4n) is 3.27. The molecule has 0 aliphatic rings. The van der Waals surface area contributed by atoms with E-state index in [9.17, 15) is 0 Å². The Labute approximate surface area is 267 Å². The Morgan fingerprint density at radius 2 is 1.00 bits per heavy atom. The summed E-state index contributed by atoms with van der Waals surface area (Å²) in [6, 6.07) is 0. The van der Waals surface area contributed by atoms with Gasteiger partial charge in [0.25, 0.3) is 0 Å². The van der Waals surface area contributed by atoms with Gasteiger partial charge >= 0.3 is 0 Å². The minimum Gasteiger partial charge on any atom is -0.381 e. The van der Waals surface area contributed by atoms with Crippen molar-refractivity contribution < 1.29 is 23.7 Å². The van der Waals surface area contributed by atoms with Crippen molar-refractivity contribution in [3.63, 3.8) is 0 Å². The third-order valence-corrected chi connectivity index (χ3v) is 8.15. The third kappa shape index (κ3) is 25.9. The lowest BCUT2D eigenvalue weighted by molar-refractivity contribution is -0.0662. The lowest BCUT2D eigenvalue weighted by Gasteiger charge is -2.34. The van der Waals surface area contributed by atoms with Crippen molar-refractivity contribution in [1.29, 1.82) is 0 Å². The van der Waals surface area contributed by atoms with Gasteiger partial charge in [-0.25, -0.2) is 0 Å². The summed E-state index contributed by atoms with van der Waals surface area (Å²) in [5, 5.41) is 13.7. The van der Waals surface area contributed by atoms with Crippen LogP contribution in [0.1, 0.15) is 19.3 Å². The Hall–Kier alpha value is 0.230. The Bertz CT molecular complexity index is 564. The first-order valence-corrected chi connectivity index (χ1v) is 18.9. The predicted molar refractivity (Wildman–Crippen MR) is 184 cm³/mol. The van der Waals surface area contributed by atoms with E-state index < -0.39 is 0 Å². The molecule has 0 fully saturated rings. The van der Waals surface area contributed by atoms with Crippen LogP contribution in [0.15, 0.2) is 0 Å². The van der Waals surface area contributed by atoms with E-state index in [2.05, 4.69) is 40.0 Å². The molecule has 0 saturated carbocycles. The van der Waals surface area contributed by atoms with Crippen LogP contribution in [0.2, 0.25) is 0 Å². The Balaban J connectivity index is 4.58. The molecule has 0 heterocycles. The summed E-state index contributed by atoms with van der Waals surface area (Å²) in [7, 11) is 1.78. The van der Waals surface area contributed by atoms with Crippen molar-refractivity contribution >= 4 is 69.9 Å². The minimum atomic E-state index is -0.330. The second kappa shape index (κ2) is 30.7. The van der Waals surface area contributed by atoms with Crippen LogP contribution in [-0.4, -0.2) is 139 Å². The molecular formula is C26H54N4O5S5. The van der Waals surface area contributed by atoms with Crippen LogP contribution in [0.25, 0.3) is 0 Å². The van der Waals surface area contributed by atoms with E-state index in [1.165, 1.54) is 0 Å². The Morgan fingerprint density at radius 3 is 1.40 bits per heavy atom. The van der Waals surface area contributed by atoms with E-state index in [0.717, 1.165) is 56.3 Å². The molecule has 0 unspecified atom stereocenters. The van der Waals surface area contributed by atoms with Gasteiger partial charge in [-0.05, 0) is 79.7 Å². The van der Waals surface area contributed by atoms with Crippen molar-refractivity contribution in [2.45, 2.75) is 19.3 Å². The molecule has 0 aliphatic heterocycles. The van der Waals surface area contributed by atoms with E-state index in [1.54, 1.807) is 7.05 Å². The number of ether oxygens (including phenoxy) is 5. The van der Waals surface area contributed by atoms with Crippen LogP contribution < -0.4 is 21.3 Å². The number of hydrogen-bond donors (Lipinski definition) is 4. The molecule has 4 N–H and O–H groups in total. The summed E-state index contributed by atoms with van der Waals surface area (Å²) in [6.07, 6.45) is 9.44. The van der Waals surface area contributed by atoms with Crippen molar-refractivity contribution in [3.8, 4) is 0 Å². The fourth-order valence-corrected chi connectivity index (χ4v) is 4.77. The zero-order valence-corrected chi connectivity index (χ0v) is 29.1. The number of nitrogens with one attached hydrogen (secondary N) is 4. The van der Waals surface area contributed by atoms with Gasteiger partial charge in [0.15, 0.2) is 10.2 Å². The van der Waals surface area contributed by atoms with E-state index in [0.29, 0.717) is 76.1 Å². The summed E-state index contributed by atoms with van der Waals surface area (Å²) in [5.74, 6) is 3.27. The summed E-state index contributed by atoms with van der Waals surface area (Å²) in [6.45, 7) is 7.89. The largest absolute Gasteiger partial charge is 0.381 e. The van der Waals surface area contributed by atoms with Gasteiger partial charge < -0.3 is 45.0 Å². The first-order valence-electron chi connectivity index (χ1n) is 13.9. The van der Waals surface area contributed by atoms with Gasteiger partial charge in [-0.3, -0.25) is 0 Å². The van der Waals surface area contributed by atoms with Crippen molar-refractivity contribution in [2.75, 3.05) is 129 Å². The maximum atomic E-state index is 6.14. The normalized spacial score (nSPS) is 11.4. The fraction of sp³-hybridized carbons (Fsp3) is 0.923. The SMILES string of the molecule is CNC(=S)NCCOCCOCCNC(=S)NCC(COCCCSC)(COCCCSC)COCCCSC. The number of hydrogen-bond acceptors (Lipinski definition) is 10. The van der Waals surface area contributed by atoms with Crippen LogP contribution in [0.5, 0.6) is 0 Å². The van der Waals surface area contributed by atoms with Crippen molar-refractivity contribution in [3.05, 3.63) is 0 Å². The molecule has 0 aromatic heterocycles. The smallest absolute Gasteiger partial charge is 0.166 e. The Morgan fingerprint density at radius 1 is 0.575 bits per heavy atom. The summed E-state index contributed by atoms with van der Waals surface area (Å²) < 4.78 is 29.6. The Kier molecular flexibility index (Phi) is 30.9. The molecule has 0 radical (unpaired) electrons. The van der Waals surface area contributed by atoms with Gasteiger partial charge in [0, 0.05) is 46.5 Å². The third-order valence-electron chi connectivity index (χ3n) is 5.42. The van der Waals surface area contributed by atoms with E-state index >= 15 is 0 Å². The lowest BCUT2D eigenvalue weighted by Crippen LogP contribution is -2.49. The van der Waals surface area contributed by atoms with Gasteiger partial charge in [-0.1, -0.05) is 0 Å². The lowest BCUT2D eigenvalue weighted by atomic mass is 9.90. The monoisotopic (exact) mass is 662 g/mol. The number of thiocarbonyl (C=S) groups is 2. The van der Waals surface area contributed by atoms with Crippen LogP contribution >= 0.6 is 59.7 Å². The molecule has 0 aromatic rings. The minimum absolute atomic E-state index is 0.330. The molecule has 0 aromatic carbocycles. The second-order valence-electron chi connectivity index (χ2n) is 9.04. The van der Waals surface area contributed by atoms with Gasteiger partial charge in [-0.15, -0.1) is 0 Å². The highest BCUT2D eigenvalue weighted by Gasteiger charge is 2.32. The summed E-state index contributed by atoms with van der Waals surface area (Å²) >= 11 is 16.1. The van der Waals surface area contributed by atoms with Gasteiger partial charge in [-0.2, -0.15) is 35.3 Å². The number of thioether (sulfide) groups is 3. The molecule has 40 heavy (non-hydrogen) atoms. The highest BCUT2D eigenvalue weighted by atomic mass is 32.2. The van der Waals surface area contributed by atoms with Crippen LogP contribution in [0.3, 0.4) is 0 Å². The highest BCUT2D eigenvalue weighted by Crippen LogP contribution is 2.20. The molecule has 238 valence electrons. The quantitative estimate of drug-likeness (QED) is 0.0699. The van der Waals surface area contributed by atoms with E-state index in [4.69, 9.17) is 48.1 Å². The predicted octanol–water partition coefficient (Wildman–Crippen LogP) is 2.87. The second-order valence-corrected chi connectivity index (χ2v) is 12.8. The molecule has 0 aliphatic carbocycles. The maximum Gasteiger partial charge on any atom is 0.166 e. The molecule has 0 amide bonds. The first kappa shape index (κ1) is 40.2. The summed E-state index contributed by atoms with van der Waals surface area (Å²) in [5.41, 5.74) is -0.330. The molecule has 9 nitrogen and oxygen atoms in total. The molecule has 0 bridgehead atoms. The zero-order chi connectivity index (χ0) is 29.6. The highest BCUT2D eigenvalue weighted by molar-refractivity contribution is 7.98. The van der Waals surface area contributed by atoms with Crippen LogP contribution in [0.4, 0.5) is 0 Å². The first-order chi connectivity index (χ1) is 19.5. The molecule has 0 atom stereocenters. The topological polar surface area (TPSA) is 94.3 Å². The van der Waals surface area contributed by atoms with E-state index in [-0.39, 0.29) is 5.41 Å². The van der Waals surface area contributed by atoms with E-state index in [1.807, 2.05) is 35.3 Å². The van der Waals surface area contributed by atoms with Crippen molar-refractivity contribution in [2.24, 2.45) is 5.41 Å². The van der Waals surface area contributed by atoms with Gasteiger partial charge in [0.1, 0.15) is 0 Å². The zero-order valence-electron chi connectivity index (χ0n) is 25.0. The molecule has 0 spiro atoms. The molecule has 0 rings (SSSR count). The van der Waals surface area contributed by atoms with Crippen molar-refractivity contribution in [1.82, 2.24) is 21.3 Å².